The van der Waals surface area contributed by atoms with Gasteiger partial charge in [0.2, 0.25) is 0 Å². The number of nitrogens with zero attached hydrogens (tertiary/aromatic N) is 2. The summed E-state index contributed by atoms with van der Waals surface area (Å²) >= 11 is 6.94. The van der Waals surface area contributed by atoms with E-state index in [4.69, 9.17) is 0 Å². The smallest absolute Gasteiger partial charge is 0.260 e. The van der Waals surface area contributed by atoms with Crippen LogP contribution >= 0.6 is 38.6 Å². The van der Waals surface area contributed by atoms with Crippen LogP contribution < -0.4 is 20.2 Å². The quantitative estimate of drug-likeness (QED) is 0.122. The molecule has 2 aliphatic rings. The fraction of sp³-hybridized carbons (Fsp3) is 0.450. The summed E-state index contributed by atoms with van der Waals surface area (Å²) in [4.78, 5) is 36.4. The van der Waals surface area contributed by atoms with Gasteiger partial charge in [-0.25, -0.2) is 0 Å². The van der Waals surface area contributed by atoms with Crippen molar-refractivity contribution in [3.8, 4) is 0 Å². The van der Waals surface area contributed by atoms with Gasteiger partial charge in [-0.3, -0.25) is 9.59 Å². The summed E-state index contributed by atoms with van der Waals surface area (Å²) in [6, 6.07) is 17.0. The highest BCUT2D eigenvalue weighted by Gasteiger charge is 2.37. The number of aryl methyl sites for hydroxylation is 1. The minimum absolute atomic E-state index is 0.0918. The minimum Gasteiger partial charge on any atom is -0.307 e. The van der Waals surface area contributed by atoms with Crippen LogP contribution in [0.2, 0.25) is 0 Å². The van der Waals surface area contributed by atoms with Gasteiger partial charge in [-0.15, -0.1) is 22.7 Å². The molecular weight excluding hydrogens is 684 g/mol. The van der Waals surface area contributed by atoms with E-state index in [0.717, 1.165) is 109 Å². The predicted octanol–water partition coefficient (Wildman–Crippen LogP) is 9.95. The number of thiophene rings is 2. The second kappa shape index (κ2) is 14.8. The van der Waals surface area contributed by atoms with Crippen LogP contribution in [0.3, 0.4) is 0 Å². The van der Waals surface area contributed by atoms with Crippen molar-refractivity contribution in [3.05, 3.63) is 77.4 Å². The monoisotopic (exact) mass is 730 g/mol. The molecule has 2 aliphatic heterocycles. The molecule has 0 aliphatic carbocycles. The Hall–Kier alpha value is -2.74. The van der Waals surface area contributed by atoms with Crippen LogP contribution in [0, 0.1) is 18.8 Å². The van der Waals surface area contributed by atoms with Crippen molar-refractivity contribution < 1.29 is 9.59 Å². The molecule has 0 radical (unpaired) electrons. The number of rotatable bonds is 15. The van der Waals surface area contributed by atoms with Gasteiger partial charge in [-0.05, 0) is 78.2 Å². The van der Waals surface area contributed by atoms with Crippen molar-refractivity contribution in [3.63, 3.8) is 0 Å². The largest absolute Gasteiger partial charge is 0.307 e. The summed E-state index contributed by atoms with van der Waals surface area (Å²) in [5.74, 6) is 1.08. The second-order valence-corrected chi connectivity index (χ2v) is 17.1. The van der Waals surface area contributed by atoms with Gasteiger partial charge < -0.3 is 9.80 Å². The fourth-order valence-corrected chi connectivity index (χ4v) is 9.92. The maximum absolute atomic E-state index is 14.5. The van der Waals surface area contributed by atoms with Crippen LogP contribution in [-0.4, -0.2) is 24.9 Å². The maximum Gasteiger partial charge on any atom is 0.260 e. The highest BCUT2D eigenvalue weighted by molar-refractivity contribution is 9.11. The summed E-state index contributed by atoms with van der Waals surface area (Å²) in [6.07, 6.45) is 10.2. The second-order valence-electron chi connectivity index (χ2n) is 13.3. The Morgan fingerprint density at radius 3 is 1.64 bits per heavy atom. The third-order valence-electron chi connectivity index (χ3n) is 10.0. The van der Waals surface area contributed by atoms with Crippen molar-refractivity contribution in [2.75, 3.05) is 22.9 Å². The Morgan fingerprint density at radius 2 is 1.17 bits per heavy atom. The zero-order valence-electron chi connectivity index (χ0n) is 28.5. The first-order valence-corrected chi connectivity index (χ1v) is 20.0. The molecule has 0 N–H and O–H groups in total. The highest BCUT2D eigenvalue weighted by atomic mass is 79.9. The number of hydrogen-bond donors (Lipinski definition) is 0. The predicted molar refractivity (Wildman–Crippen MR) is 205 cm³/mol. The Balaban J connectivity index is 1.58. The van der Waals surface area contributed by atoms with Gasteiger partial charge in [0.1, 0.15) is 0 Å². The van der Waals surface area contributed by atoms with Gasteiger partial charge in [0.15, 0.2) is 0 Å². The van der Waals surface area contributed by atoms with E-state index in [1.807, 2.05) is 6.07 Å². The molecule has 0 saturated heterocycles. The highest BCUT2D eigenvalue weighted by Crippen LogP contribution is 2.40. The Morgan fingerprint density at radius 1 is 0.638 bits per heavy atom. The molecule has 2 atom stereocenters. The van der Waals surface area contributed by atoms with E-state index in [2.05, 4.69) is 103 Å². The zero-order chi connectivity index (χ0) is 33.2. The summed E-state index contributed by atoms with van der Waals surface area (Å²) in [5.41, 5.74) is 3.64. The molecule has 4 nitrogen and oxygen atoms in total. The zero-order valence-corrected chi connectivity index (χ0v) is 31.7. The van der Waals surface area contributed by atoms with Crippen molar-refractivity contribution in [2.45, 2.75) is 92.4 Å². The summed E-state index contributed by atoms with van der Waals surface area (Å²) < 4.78 is 1.02. The van der Waals surface area contributed by atoms with Gasteiger partial charge >= 0.3 is 0 Å². The molecule has 2 unspecified atom stereocenters. The number of halogens is 1. The van der Waals surface area contributed by atoms with E-state index in [-0.39, 0.29) is 11.8 Å². The van der Waals surface area contributed by atoms with Gasteiger partial charge in [0.25, 0.3) is 11.8 Å². The van der Waals surface area contributed by atoms with Crippen molar-refractivity contribution >= 4 is 83.7 Å². The molecule has 6 rings (SSSR count). The number of hydrogen-bond acceptors (Lipinski definition) is 4. The van der Waals surface area contributed by atoms with Gasteiger partial charge in [0, 0.05) is 48.9 Å². The molecule has 0 spiro atoms. The van der Waals surface area contributed by atoms with Gasteiger partial charge in [0.05, 0.1) is 26.3 Å². The molecule has 2 aromatic carbocycles. The first-order chi connectivity index (χ1) is 22.8. The summed E-state index contributed by atoms with van der Waals surface area (Å²) in [5, 5.41) is 4.15. The molecule has 0 bridgehead atoms. The average molecular weight is 732 g/mol. The molecule has 4 aromatic rings. The van der Waals surface area contributed by atoms with Gasteiger partial charge in [-0.1, -0.05) is 90.5 Å². The first-order valence-electron chi connectivity index (χ1n) is 17.6. The van der Waals surface area contributed by atoms with E-state index in [1.54, 1.807) is 22.7 Å². The minimum atomic E-state index is 0.0918. The topological polar surface area (TPSA) is 40.6 Å². The van der Waals surface area contributed by atoms with Gasteiger partial charge in [-0.2, -0.15) is 0 Å². The molecule has 2 amide bonds. The molecule has 4 heterocycles. The number of benzene rings is 2. The standard InChI is InChI=1S/C40H47BrN2O2S2/c1-6-10-13-26(9-4)23-42-37-28-16-18-30-35(32-20-15-25(5)46-32)39(44)43(24-27(12-8-3)14-11-7-2)38(30)29(28)17-19-31(37)36(40(42)45)33-21-22-34(41)47-33/h15-22,26-27H,6-14,23-24H2,1-5H3. The lowest BCUT2D eigenvalue weighted by Crippen LogP contribution is -2.34. The summed E-state index contributed by atoms with van der Waals surface area (Å²) in [6.45, 7) is 12.5. The van der Waals surface area contributed by atoms with Crippen LogP contribution in [0.25, 0.3) is 21.9 Å². The molecule has 2 aromatic heterocycles. The van der Waals surface area contributed by atoms with Crippen LogP contribution in [0.1, 0.15) is 100 Å². The molecule has 0 saturated carbocycles. The van der Waals surface area contributed by atoms with E-state index < -0.39 is 0 Å². The number of anilines is 2. The van der Waals surface area contributed by atoms with E-state index in [0.29, 0.717) is 18.4 Å². The van der Waals surface area contributed by atoms with E-state index in [1.165, 1.54) is 17.7 Å². The van der Waals surface area contributed by atoms with E-state index in [9.17, 15) is 9.59 Å². The van der Waals surface area contributed by atoms with Crippen molar-refractivity contribution in [1.29, 1.82) is 0 Å². The lowest BCUT2D eigenvalue weighted by Gasteiger charge is -2.28. The number of fused-ring (bicyclic) bond motifs is 5. The lowest BCUT2D eigenvalue weighted by molar-refractivity contribution is -0.114. The SMILES string of the molecule is CCCCC(CCC)CN1C(=O)C(c2ccc(C)s2)=c2ccc3c4c(ccc3c21)=C(c1ccc(Br)s1)C(=O)N4CC(CC)CCCC. The van der Waals surface area contributed by atoms with Crippen LogP contribution in [0.15, 0.2) is 52.3 Å². The van der Waals surface area contributed by atoms with Crippen molar-refractivity contribution in [1.82, 2.24) is 0 Å². The lowest BCUT2D eigenvalue weighted by atomic mass is 9.95. The Bertz CT molecular complexity index is 1920. The Kier molecular flexibility index (Phi) is 10.7. The van der Waals surface area contributed by atoms with Crippen LogP contribution in [0.4, 0.5) is 11.4 Å². The number of unbranched alkanes of at least 4 members (excludes halogenated alkanes) is 2. The molecular formula is C40H47BrN2O2S2. The fourth-order valence-electron chi connectivity index (χ4n) is 7.57. The number of carbonyl (C=O) groups is 2. The number of amides is 2. The Labute approximate surface area is 296 Å². The first kappa shape index (κ1) is 34.1. The van der Waals surface area contributed by atoms with Crippen LogP contribution in [-0.2, 0) is 9.59 Å². The average Bonchev–Trinajstić information content (AvgIpc) is 3.82. The van der Waals surface area contributed by atoms with E-state index >= 15 is 0 Å². The third kappa shape index (κ3) is 6.52. The molecule has 47 heavy (non-hydrogen) atoms. The third-order valence-corrected chi connectivity index (χ3v) is 12.7. The van der Waals surface area contributed by atoms with Crippen molar-refractivity contribution in [2.24, 2.45) is 11.8 Å². The summed E-state index contributed by atoms with van der Waals surface area (Å²) in [7, 11) is 0. The normalized spacial score (nSPS) is 15.7. The molecule has 248 valence electrons. The molecule has 7 heteroatoms. The van der Waals surface area contributed by atoms with Crippen LogP contribution in [0.5, 0.6) is 0 Å². The number of carbonyl (C=O) groups excluding carboxylic acids is 2. The maximum atomic E-state index is 14.5. The molecule has 0 fully saturated rings.